The largest absolute Gasteiger partial charge is 0.494 e. The lowest BCUT2D eigenvalue weighted by molar-refractivity contribution is 0.0606. The molecule has 1 aliphatic rings. The first-order valence-electron chi connectivity index (χ1n) is 7.80. The Morgan fingerprint density at radius 3 is 2.64 bits per heavy atom. The monoisotopic (exact) mass is 412 g/mol. The molecule has 1 aliphatic carbocycles. The van der Waals surface area contributed by atoms with Gasteiger partial charge in [0.1, 0.15) is 4.88 Å². The molecule has 0 radical (unpaired) electrons. The Morgan fingerprint density at radius 2 is 2.12 bits per heavy atom. The van der Waals surface area contributed by atoms with Crippen LogP contribution in [0.1, 0.15) is 42.3 Å². The summed E-state index contributed by atoms with van der Waals surface area (Å²) in [5, 5.41) is 0. The number of thiophene rings is 1. The minimum atomic E-state index is -3.87. The first-order valence-corrected chi connectivity index (χ1v) is 10.1. The van der Waals surface area contributed by atoms with Gasteiger partial charge in [-0.25, -0.2) is 17.9 Å². The molecule has 0 aromatic carbocycles. The lowest BCUT2D eigenvalue weighted by atomic mass is 9.74. The molecule has 0 saturated heterocycles. The van der Waals surface area contributed by atoms with Gasteiger partial charge in [0.25, 0.3) is 10.0 Å². The zero-order valence-electron chi connectivity index (χ0n) is 14.5. The molecular formula is C15H25ClN2O5S2. The summed E-state index contributed by atoms with van der Waals surface area (Å²) in [4.78, 5) is 11.9. The van der Waals surface area contributed by atoms with Gasteiger partial charge in [0, 0.05) is 18.2 Å². The third kappa shape index (κ3) is 4.46. The molecule has 1 saturated carbocycles. The van der Waals surface area contributed by atoms with E-state index in [0.717, 1.165) is 30.6 Å². The Hall–Kier alpha value is -0.870. The third-order valence-electron chi connectivity index (χ3n) is 4.67. The highest BCUT2D eigenvalue weighted by Crippen LogP contribution is 2.38. The fourth-order valence-electron chi connectivity index (χ4n) is 3.11. The first kappa shape index (κ1) is 22.2. The highest BCUT2D eigenvalue weighted by molar-refractivity contribution is 7.91. The number of carbonyl (C=O) groups excluding carboxylic acids is 1. The topological polar surface area (TPSA) is 108 Å². The molecule has 1 aromatic rings. The summed E-state index contributed by atoms with van der Waals surface area (Å²) < 4.78 is 38.4. The van der Waals surface area contributed by atoms with Gasteiger partial charge >= 0.3 is 5.97 Å². The normalized spacial score (nSPS) is 23.6. The summed E-state index contributed by atoms with van der Waals surface area (Å²) >= 11 is 0.832. The van der Waals surface area contributed by atoms with Gasteiger partial charge in [-0.05, 0) is 18.8 Å². The van der Waals surface area contributed by atoms with Gasteiger partial charge in [-0.2, -0.15) is 0 Å². The van der Waals surface area contributed by atoms with Crippen molar-refractivity contribution in [2.24, 2.45) is 11.7 Å². The molecule has 1 fully saturated rings. The van der Waals surface area contributed by atoms with Crippen molar-refractivity contribution in [3.8, 4) is 5.75 Å². The van der Waals surface area contributed by atoms with E-state index in [0.29, 0.717) is 6.42 Å². The van der Waals surface area contributed by atoms with Gasteiger partial charge in [0.15, 0.2) is 9.96 Å². The van der Waals surface area contributed by atoms with E-state index < -0.39 is 21.5 Å². The average Bonchev–Trinajstić information content (AvgIpc) is 3.01. The predicted molar refractivity (Wildman–Crippen MR) is 99.2 cm³/mol. The van der Waals surface area contributed by atoms with Crippen LogP contribution in [-0.2, 0) is 14.8 Å². The number of hydrogen-bond acceptors (Lipinski definition) is 7. The van der Waals surface area contributed by atoms with Gasteiger partial charge in [0.05, 0.1) is 14.2 Å². The SMILES string of the molecule is COC(=O)c1cc(OC)c(S(=O)(=O)NC2(CN)CCCCC2C)s1.Cl. The zero-order chi connectivity index (χ0) is 18.0. The number of nitrogens with two attached hydrogens (primary N) is 1. The standard InChI is InChI=1S/C15H24N2O5S2.ClH/c1-10-6-4-5-7-15(10,9-16)17-24(19,20)14-11(21-2)8-12(23-14)13(18)22-3;/h8,10,17H,4-7,9,16H2,1-3H3;1H. The fourth-order valence-corrected chi connectivity index (χ4v) is 6.14. The molecule has 2 rings (SSSR count). The molecular weight excluding hydrogens is 388 g/mol. The van der Waals surface area contributed by atoms with Crippen molar-refractivity contribution in [2.75, 3.05) is 20.8 Å². The lowest BCUT2D eigenvalue weighted by Gasteiger charge is -2.42. The van der Waals surface area contributed by atoms with E-state index in [9.17, 15) is 13.2 Å². The second-order valence-corrected chi connectivity index (χ2v) is 9.00. The van der Waals surface area contributed by atoms with E-state index in [4.69, 9.17) is 10.5 Å². The molecule has 2 atom stereocenters. The van der Waals surface area contributed by atoms with E-state index >= 15 is 0 Å². The van der Waals surface area contributed by atoms with Crippen LogP contribution >= 0.6 is 23.7 Å². The molecule has 10 heteroatoms. The Labute approximate surface area is 158 Å². The van der Waals surface area contributed by atoms with Gasteiger partial charge < -0.3 is 15.2 Å². The maximum Gasteiger partial charge on any atom is 0.348 e. The number of nitrogens with one attached hydrogen (secondary N) is 1. The summed E-state index contributed by atoms with van der Waals surface area (Å²) in [6.45, 7) is 2.24. The van der Waals surface area contributed by atoms with E-state index in [2.05, 4.69) is 9.46 Å². The maximum absolute atomic E-state index is 12.9. The summed E-state index contributed by atoms with van der Waals surface area (Å²) in [6, 6.07) is 1.38. The molecule has 0 spiro atoms. The van der Waals surface area contributed by atoms with Crippen molar-refractivity contribution in [2.45, 2.75) is 42.4 Å². The zero-order valence-corrected chi connectivity index (χ0v) is 17.0. The van der Waals surface area contributed by atoms with Crippen LogP contribution in [0.4, 0.5) is 0 Å². The number of esters is 1. The molecule has 0 bridgehead atoms. The van der Waals surface area contributed by atoms with Crippen LogP contribution in [0.3, 0.4) is 0 Å². The summed E-state index contributed by atoms with van der Waals surface area (Å²) in [7, 11) is -1.26. The molecule has 2 unspecified atom stereocenters. The Balaban J connectivity index is 0.00000312. The molecule has 1 heterocycles. The van der Waals surface area contributed by atoms with E-state index in [1.54, 1.807) is 0 Å². The first-order chi connectivity index (χ1) is 11.3. The van der Waals surface area contributed by atoms with Crippen LogP contribution in [0.2, 0.25) is 0 Å². The van der Waals surface area contributed by atoms with Crippen LogP contribution in [0.25, 0.3) is 0 Å². The van der Waals surface area contributed by atoms with E-state index in [1.165, 1.54) is 20.3 Å². The minimum Gasteiger partial charge on any atom is -0.494 e. The second-order valence-electron chi connectivity index (χ2n) is 6.07. The Kier molecular flexibility index (Phi) is 7.70. The van der Waals surface area contributed by atoms with Crippen LogP contribution in [0.15, 0.2) is 10.3 Å². The van der Waals surface area contributed by atoms with Crippen molar-refractivity contribution in [1.29, 1.82) is 0 Å². The van der Waals surface area contributed by atoms with Crippen molar-refractivity contribution >= 4 is 39.7 Å². The third-order valence-corrected chi connectivity index (χ3v) is 7.84. The molecule has 7 nitrogen and oxygen atoms in total. The van der Waals surface area contributed by atoms with Gasteiger partial charge in [0.2, 0.25) is 0 Å². The van der Waals surface area contributed by atoms with E-state index in [-0.39, 0.29) is 39.7 Å². The van der Waals surface area contributed by atoms with Crippen molar-refractivity contribution in [3.63, 3.8) is 0 Å². The van der Waals surface area contributed by atoms with Crippen molar-refractivity contribution in [1.82, 2.24) is 4.72 Å². The summed E-state index contributed by atoms with van der Waals surface area (Å²) in [5.41, 5.74) is 5.26. The number of carbonyl (C=O) groups is 1. The van der Waals surface area contributed by atoms with Gasteiger partial charge in [-0.1, -0.05) is 19.8 Å². The molecule has 25 heavy (non-hydrogen) atoms. The number of sulfonamides is 1. The van der Waals surface area contributed by atoms with Crippen molar-refractivity contribution < 1.29 is 22.7 Å². The fraction of sp³-hybridized carbons (Fsp3) is 0.667. The van der Waals surface area contributed by atoms with Crippen LogP contribution < -0.4 is 15.2 Å². The number of ether oxygens (including phenoxy) is 2. The highest BCUT2D eigenvalue weighted by atomic mass is 35.5. The van der Waals surface area contributed by atoms with Crippen molar-refractivity contribution in [3.05, 3.63) is 10.9 Å². The predicted octanol–water partition coefficient (Wildman–Crippen LogP) is 2.15. The number of hydrogen-bond donors (Lipinski definition) is 2. The number of halogens is 1. The molecule has 1 aromatic heterocycles. The van der Waals surface area contributed by atoms with Gasteiger partial charge in [-0.3, -0.25) is 0 Å². The molecule has 3 N–H and O–H groups in total. The smallest absolute Gasteiger partial charge is 0.348 e. The quantitative estimate of drug-likeness (QED) is 0.693. The molecule has 0 aliphatic heterocycles. The minimum absolute atomic E-state index is 0. The van der Waals surface area contributed by atoms with E-state index in [1.807, 2.05) is 6.92 Å². The lowest BCUT2D eigenvalue weighted by Crippen LogP contribution is -2.58. The van der Waals surface area contributed by atoms with Crippen LogP contribution in [0.5, 0.6) is 5.75 Å². The maximum atomic E-state index is 12.9. The number of rotatable bonds is 6. The van der Waals surface area contributed by atoms with Crippen LogP contribution in [0, 0.1) is 5.92 Å². The summed E-state index contributed by atoms with van der Waals surface area (Å²) in [5.74, 6) is -0.333. The molecule has 144 valence electrons. The van der Waals surface area contributed by atoms with Gasteiger partial charge in [-0.15, -0.1) is 23.7 Å². The Bertz CT molecular complexity index is 707. The number of methoxy groups -OCH3 is 2. The highest BCUT2D eigenvalue weighted by Gasteiger charge is 2.42. The Morgan fingerprint density at radius 1 is 1.44 bits per heavy atom. The summed E-state index contributed by atoms with van der Waals surface area (Å²) in [6.07, 6.45) is 3.62. The second kappa shape index (κ2) is 8.68. The molecule has 0 amide bonds. The van der Waals surface area contributed by atoms with Crippen LogP contribution in [-0.4, -0.2) is 40.7 Å². The average molecular weight is 413 g/mol.